The molecule has 1 aromatic carbocycles. The quantitative estimate of drug-likeness (QED) is 0.675. The first-order chi connectivity index (χ1) is 9.06. The molecule has 0 N–H and O–H groups in total. The molecule has 0 amide bonds. The molecule has 2 aromatic rings. The Labute approximate surface area is 127 Å². The molecule has 1 aromatic heterocycles. The molecule has 1 saturated carbocycles. The van der Waals surface area contributed by atoms with Gasteiger partial charge in [0, 0.05) is 10.5 Å². The number of nitrogens with zero attached hydrogens (tertiary/aromatic N) is 2. The fraction of sp³-hybridized carbons (Fsp3) is 0.533. The van der Waals surface area contributed by atoms with E-state index >= 15 is 0 Å². The van der Waals surface area contributed by atoms with Gasteiger partial charge < -0.3 is 4.57 Å². The summed E-state index contributed by atoms with van der Waals surface area (Å²) in [6.45, 7) is 4.28. The van der Waals surface area contributed by atoms with Crippen LogP contribution in [-0.2, 0) is 0 Å². The summed E-state index contributed by atoms with van der Waals surface area (Å²) in [4.78, 5) is 4.71. The standard InChI is InChI=1S/C15H18BrClN2/c1-9(7-11-3-4-11)19-14-8-12(16)5-6-13(14)18-15(19)10(2)17/h5-6,8-11H,3-4,7H2,1-2H3. The lowest BCUT2D eigenvalue weighted by Crippen LogP contribution is -2.10. The summed E-state index contributed by atoms with van der Waals surface area (Å²) in [5.41, 5.74) is 2.22. The molecule has 2 atom stereocenters. The van der Waals surface area contributed by atoms with Gasteiger partial charge in [-0.05, 0) is 44.4 Å². The first-order valence-corrected chi connectivity index (χ1v) is 8.10. The van der Waals surface area contributed by atoms with Crippen LogP contribution in [0.3, 0.4) is 0 Å². The second kappa shape index (κ2) is 5.10. The maximum atomic E-state index is 6.32. The molecule has 102 valence electrons. The zero-order valence-corrected chi connectivity index (χ0v) is 13.6. The number of halogens is 2. The molecule has 1 aliphatic rings. The van der Waals surface area contributed by atoms with Crippen molar-refractivity contribution >= 4 is 38.6 Å². The molecule has 0 bridgehead atoms. The average molecular weight is 342 g/mol. The molecule has 1 fully saturated rings. The van der Waals surface area contributed by atoms with Crippen molar-refractivity contribution < 1.29 is 0 Å². The van der Waals surface area contributed by atoms with Crippen LogP contribution in [0.25, 0.3) is 11.0 Å². The molecule has 0 radical (unpaired) electrons. The predicted octanol–water partition coefficient (Wildman–Crippen LogP) is 5.46. The molecule has 0 saturated heterocycles. The molecule has 19 heavy (non-hydrogen) atoms. The highest BCUT2D eigenvalue weighted by atomic mass is 79.9. The minimum absolute atomic E-state index is 0.0622. The van der Waals surface area contributed by atoms with Gasteiger partial charge in [0.05, 0.1) is 16.4 Å². The van der Waals surface area contributed by atoms with Gasteiger partial charge in [0.25, 0.3) is 0 Å². The van der Waals surface area contributed by atoms with Gasteiger partial charge in [-0.15, -0.1) is 11.6 Å². The van der Waals surface area contributed by atoms with E-state index in [0.29, 0.717) is 6.04 Å². The van der Waals surface area contributed by atoms with E-state index in [1.807, 2.05) is 13.0 Å². The zero-order valence-electron chi connectivity index (χ0n) is 11.2. The zero-order chi connectivity index (χ0) is 13.6. The third-order valence-electron chi connectivity index (χ3n) is 3.85. The maximum absolute atomic E-state index is 6.32. The van der Waals surface area contributed by atoms with Crippen LogP contribution in [-0.4, -0.2) is 9.55 Å². The van der Waals surface area contributed by atoms with Crippen LogP contribution in [0.5, 0.6) is 0 Å². The Morgan fingerprint density at radius 2 is 2.16 bits per heavy atom. The van der Waals surface area contributed by atoms with E-state index in [1.165, 1.54) is 24.8 Å². The highest BCUT2D eigenvalue weighted by Crippen LogP contribution is 2.39. The van der Waals surface area contributed by atoms with E-state index < -0.39 is 0 Å². The minimum atomic E-state index is -0.0622. The van der Waals surface area contributed by atoms with E-state index in [2.05, 4.69) is 39.6 Å². The lowest BCUT2D eigenvalue weighted by molar-refractivity contribution is 0.472. The topological polar surface area (TPSA) is 17.8 Å². The highest BCUT2D eigenvalue weighted by Gasteiger charge is 2.27. The van der Waals surface area contributed by atoms with Crippen LogP contribution < -0.4 is 0 Å². The number of imidazole rings is 1. The number of benzene rings is 1. The molecule has 1 heterocycles. The highest BCUT2D eigenvalue weighted by molar-refractivity contribution is 9.10. The molecular weight excluding hydrogens is 324 g/mol. The van der Waals surface area contributed by atoms with Crippen molar-refractivity contribution in [2.24, 2.45) is 5.92 Å². The van der Waals surface area contributed by atoms with Gasteiger partial charge in [-0.25, -0.2) is 4.98 Å². The van der Waals surface area contributed by atoms with Crippen molar-refractivity contribution in [1.29, 1.82) is 0 Å². The molecule has 3 rings (SSSR count). The summed E-state index contributed by atoms with van der Waals surface area (Å²) in [6, 6.07) is 6.70. The van der Waals surface area contributed by atoms with Crippen LogP contribution >= 0.6 is 27.5 Å². The number of hydrogen-bond donors (Lipinski definition) is 0. The van der Waals surface area contributed by atoms with Crippen molar-refractivity contribution in [3.05, 3.63) is 28.5 Å². The lowest BCUT2D eigenvalue weighted by Gasteiger charge is -2.18. The van der Waals surface area contributed by atoms with Gasteiger partial charge >= 0.3 is 0 Å². The maximum Gasteiger partial charge on any atom is 0.127 e. The summed E-state index contributed by atoms with van der Waals surface area (Å²) in [7, 11) is 0. The lowest BCUT2D eigenvalue weighted by atomic mass is 10.1. The minimum Gasteiger partial charge on any atom is -0.324 e. The van der Waals surface area contributed by atoms with Crippen molar-refractivity contribution in [1.82, 2.24) is 9.55 Å². The van der Waals surface area contributed by atoms with E-state index in [9.17, 15) is 0 Å². The normalized spacial score (nSPS) is 18.7. The van der Waals surface area contributed by atoms with Crippen molar-refractivity contribution in [2.75, 3.05) is 0 Å². The molecule has 0 aliphatic heterocycles. The number of alkyl halides is 1. The SMILES string of the molecule is CC(Cl)c1nc2ccc(Br)cc2n1C(C)CC1CC1. The molecular formula is C15H18BrClN2. The smallest absolute Gasteiger partial charge is 0.127 e. The Morgan fingerprint density at radius 3 is 2.79 bits per heavy atom. The first-order valence-electron chi connectivity index (χ1n) is 6.87. The number of aromatic nitrogens is 2. The third kappa shape index (κ3) is 2.68. The molecule has 1 aliphatic carbocycles. The molecule has 2 nitrogen and oxygen atoms in total. The predicted molar refractivity (Wildman–Crippen MR) is 83.8 cm³/mol. The summed E-state index contributed by atoms with van der Waals surface area (Å²) in [6.07, 6.45) is 3.99. The van der Waals surface area contributed by atoms with Crippen LogP contribution in [0, 0.1) is 5.92 Å². The summed E-state index contributed by atoms with van der Waals surface area (Å²) in [5.74, 6) is 1.89. The van der Waals surface area contributed by atoms with Gasteiger partial charge in [-0.2, -0.15) is 0 Å². The average Bonchev–Trinajstić information content (AvgIpc) is 3.07. The Balaban J connectivity index is 2.11. The fourth-order valence-electron chi connectivity index (χ4n) is 2.77. The molecule has 2 unspecified atom stereocenters. The number of rotatable bonds is 4. The van der Waals surface area contributed by atoms with Gasteiger partial charge in [0.2, 0.25) is 0 Å². The van der Waals surface area contributed by atoms with Gasteiger partial charge in [0.1, 0.15) is 5.82 Å². The van der Waals surface area contributed by atoms with E-state index in [1.54, 1.807) is 0 Å². The molecule has 0 spiro atoms. The fourth-order valence-corrected chi connectivity index (χ4v) is 3.27. The Morgan fingerprint density at radius 1 is 1.42 bits per heavy atom. The largest absolute Gasteiger partial charge is 0.324 e. The van der Waals surface area contributed by atoms with Gasteiger partial charge in [-0.1, -0.05) is 28.8 Å². The van der Waals surface area contributed by atoms with Crippen LogP contribution in [0.4, 0.5) is 0 Å². The van der Waals surface area contributed by atoms with Gasteiger partial charge in [-0.3, -0.25) is 0 Å². The van der Waals surface area contributed by atoms with Crippen molar-refractivity contribution in [3.8, 4) is 0 Å². The van der Waals surface area contributed by atoms with Crippen LogP contribution in [0.2, 0.25) is 0 Å². The second-order valence-corrected chi connectivity index (χ2v) is 7.19. The number of fused-ring (bicyclic) bond motifs is 1. The third-order valence-corrected chi connectivity index (χ3v) is 4.54. The van der Waals surface area contributed by atoms with Crippen molar-refractivity contribution in [3.63, 3.8) is 0 Å². The van der Waals surface area contributed by atoms with Crippen LogP contribution in [0.1, 0.15) is 50.4 Å². The number of hydrogen-bond acceptors (Lipinski definition) is 1. The Bertz CT molecular complexity index is 601. The summed E-state index contributed by atoms with van der Waals surface area (Å²) >= 11 is 9.87. The Kier molecular flexibility index (Phi) is 3.61. The second-order valence-electron chi connectivity index (χ2n) is 5.62. The Hall–Kier alpha value is -0.540. The van der Waals surface area contributed by atoms with E-state index in [4.69, 9.17) is 16.6 Å². The van der Waals surface area contributed by atoms with Crippen molar-refractivity contribution in [2.45, 2.75) is 44.5 Å². The first kappa shape index (κ1) is 13.4. The summed E-state index contributed by atoms with van der Waals surface area (Å²) in [5, 5.41) is -0.0622. The van der Waals surface area contributed by atoms with Gasteiger partial charge in [0.15, 0.2) is 0 Å². The summed E-state index contributed by atoms with van der Waals surface area (Å²) < 4.78 is 3.42. The van der Waals surface area contributed by atoms with E-state index in [-0.39, 0.29) is 5.38 Å². The monoisotopic (exact) mass is 340 g/mol. The van der Waals surface area contributed by atoms with Crippen LogP contribution in [0.15, 0.2) is 22.7 Å². The molecule has 4 heteroatoms. The van der Waals surface area contributed by atoms with E-state index in [0.717, 1.165) is 21.7 Å².